The minimum absolute atomic E-state index is 0.265. The molecule has 4 heteroatoms. The SMILES string of the molecule is CC(O)CCCN=C(N)Nc1ccccc1. The average Bonchev–Trinajstić information content (AvgIpc) is 2.25. The van der Waals surface area contributed by atoms with Crippen LogP contribution in [0.15, 0.2) is 35.3 Å². The van der Waals surface area contributed by atoms with E-state index in [1.807, 2.05) is 30.3 Å². The van der Waals surface area contributed by atoms with Crippen LogP contribution in [0, 0.1) is 0 Å². The molecule has 0 saturated carbocycles. The summed E-state index contributed by atoms with van der Waals surface area (Å²) in [7, 11) is 0. The minimum Gasteiger partial charge on any atom is -0.393 e. The van der Waals surface area contributed by atoms with Gasteiger partial charge in [-0.05, 0) is 31.9 Å². The lowest BCUT2D eigenvalue weighted by molar-refractivity contribution is 0.182. The summed E-state index contributed by atoms with van der Waals surface area (Å²) in [6, 6.07) is 9.67. The number of benzene rings is 1. The van der Waals surface area contributed by atoms with E-state index in [9.17, 15) is 0 Å². The number of nitrogens with one attached hydrogen (secondary N) is 1. The van der Waals surface area contributed by atoms with Crippen molar-refractivity contribution in [1.82, 2.24) is 0 Å². The predicted molar refractivity (Wildman–Crippen MR) is 67.5 cm³/mol. The fraction of sp³-hybridized carbons (Fsp3) is 0.417. The first-order chi connectivity index (χ1) is 7.68. The molecular weight excluding hydrogens is 202 g/mol. The van der Waals surface area contributed by atoms with Crippen molar-refractivity contribution < 1.29 is 5.11 Å². The summed E-state index contributed by atoms with van der Waals surface area (Å²) in [4.78, 5) is 4.16. The molecule has 1 aromatic rings. The molecular formula is C12H19N3O. The molecule has 88 valence electrons. The molecule has 0 spiro atoms. The maximum Gasteiger partial charge on any atom is 0.193 e. The number of para-hydroxylation sites is 1. The molecule has 4 nitrogen and oxygen atoms in total. The summed E-state index contributed by atoms with van der Waals surface area (Å²) in [5.74, 6) is 0.414. The van der Waals surface area contributed by atoms with E-state index < -0.39 is 0 Å². The van der Waals surface area contributed by atoms with Gasteiger partial charge in [-0.15, -0.1) is 0 Å². The maximum absolute atomic E-state index is 9.06. The Labute approximate surface area is 96.2 Å². The highest BCUT2D eigenvalue weighted by Crippen LogP contribution is 2.04. The molecule has 1 aromatic carbocycles. The van der Waals surface area contributed by atoms with Gasteiger partial charge in [0.15, 0.2) is 5.96 Å². The van der Waals surface area contributed by atoms with Crippen molar-refractivity contribution in [2.24, 2.45) is 10.7 Å². The van der Waals surface area contributed by atoms with Crippen LogP contribution in [0.5, 0.6) is 0 Å². The third-order valence-corrected chi connectivity index (χ3v) is 2.11. The molecule has 0 amide bonds. The van der Waals surface area contributed by atoms with Crippen LogP contribution in [0.1, 0.15) is 19.8 Å². The lowest BCUT2D eigenvalue weighted by atomic mass is 10.2. The summed E-state index contributed by atoms with van der Waals surface area (Å²) in [6.07, 6.45) is 1.33. The molecule has 0 radical (unpaired) electrons. The Morgan fingerprint density at radius 1 is 1.44 bits per heavy atom. The van der Waals surface area contributed by atoms with Gasteiger partial charge in [-0.2, -0.15) is 0 Å². The van der Waals surface area contributed by atoms with Crippen LogP contribution in [0.4, 0.5) is 5.69 Å². The quantitative estimate of drug-likeness (QED) is 0.401. The van der Waals surface area contributed by atoms with E-state index in [1.165, 1.54) is 0 Å². The molecule has 1 atom stereocenters. The van der Waals surface area contributed by atoms with E-state index in [2.05, 4.69) is 10.3 Å². The molecule has 1 unspecified atom stereocenters. The fourth-order valence-corrected chi connectivity index (χ4v) is 1.30. The Hall–Kier alpha value is -1.55. The van der Waals surface area contributed by atoms with Gasteiger partial charge in [-0.1, -0.05) is 18.2 Å². The molecule has 0 aromatic heterocycles. The zero-order valence-electron chi connectivity index (χ0n) is 9.56. The van der Waals surface area contributed by atoms with E-state index in [0.717, 1.165) is 18.5 Å². The summed E-state index contributed by atoms with van der Waals surface area (Å²) >= 11 is 0. The first-order valence-electron chi connectivity index (χ1n) is 5.48. The summed E-state index contributed by atoms with van der Waals surface area (Å²) < 4.78 is 0. The molecule has 0 aliphatic rings. The number of aliphatic hydroxyl groups is 1. The lowest BCUT2D eigenvalue weighted by Crippen LogP contribution is -2.22. The number of hydrogen-bond acceptors (Lipinski definition) is 2. The molecule has 4 N–H and O–H groups in total. The first kappa shape index (κ1) is 12.5. The van der Waals surface area contributed by atoms with Gasteiger partial charge in [0, 0.05) is 12.2 Å². The second-order valence-electron chi connectivity index (χ2n) is 3.75. The zero-order valence-corrected chi connectivity index (χ0v) is 9.56. The van der Waals surface area contributed by atoms with Crippen molar-refractivity contribution in [2.75, 3.05) is 11.9 Å². The molecule has 0 aliphatic heterocycles. The normalized spacial score (nSPS) is 13.5. The Morgan fingerprint density at radius 3 is 2.75 bits per heavy atom. The average molecular weight is 221 g/mol. The van der Waals surface area contributed by atoms with Crippen molar-refractivity contribution in [3.63, 3.8) is 0 Å². The minimum atomic E-state index is -0.265. The molecule has 0 fully saturated rings. The lowest BCUT2D eigenvalue weighted by Gasteiger charge is -2.05. The van der Waals surface area contributed by atoms with E-state index in [4.69, 9.17) is 10.8 Å². The van der Waals surface area contributed by atoms with E-state index in [0.29, 0.717) is 12.5 Å². The molecule has 0 saturated heterocycles. The molecule has 0 aliphatic carbocycles. The van der Waals surface area contributed by atoms with Gasteiger partial charge in [0.05, 0.1) is 6.10 Å². The topological polar surface area (TPSA) is 70.6 Å². The number of anilines is 1. The smallest absolute Gasteiger partial charge is 0.193 e. The standard InChI is InChI=1S/C12H19N3O/c1-10(16)6-5-9-14-12(13)15-11-7-3-2-4-8-11/h2-4,7-8,10,16H,5-6,9H2,1H3,(H3,13,14,15). The third kappa shape index (κ3) is 5.36. The van der Waals surface area contributed by atoms with Crippen molar-refractivity contribution in [2.45, 2.75) is 25.9 Å². The number of guanidine groups is 1. The summed E-state index contributed by atoms with van der Waals surface area (Å²) in [5, 5.41) is 12.1. The zero-order chi connectivity index (χ0) is 11.8. The third-order valence-electron chi connectivity index (χ3n) is 2.11. The Bertz CT molecular complexity index is 322. The first-order valence-corrected chi connectivity index (χ1v) is 5.48. The second-order valence-corrected chi connectivity index (χ2v) is 3.75. The van der Waals surface area contributed by atoms with Crippen LogP contribution < -0.4 is 11.1 Å². The van der Waals surface area contributed by atoms with Gasteiger partial charge < -0.3 is 16.2 Å². The second kappa shape index (κ2) is 6.85. The summed E-state index contributed by atoms with van der Waals surface area (Å²) in [5.41, 5.74) is 6.63. The highest BCUT2D eigenvalue weighted by molar-refractivity contribution is 5.92. The van der Waals surface area contributed by atoms with Crippen molar-refractivity contribution in [3.8, 4) is 0 Å². The van der Waals surface area contributed by atoms with Crippen LogP contribution in [0.3, 0.4) is 0 Å². The van der Waals surface area contributed by atoms with Gasteiger partial charge in [-0.25, -0.2) is 0 Å². The van der Waals surface area contributed by atoms with Crippen LogP contribution in [0.25, 0.3) is 0 Å². The number of nitrogens with zero attached hydrogens (tertiary/aromatic N) is 1. The molecule has 16 heavy (non-hydrogen) atoms. The number of hydrogen-bond donors (Lipinski definition) is 3. The van der Waals surface area contributed by atoms with Crippen LogP contribution in [-0.4, -0.2) is 23.7 Å². The Morgan fingerprint density at radius 2 is 2.12 bits per heavy atom. The number of rotatable bonds is 5. The van der Waals surface area contributed by atoms with Gasteiger partial charge in [0.25, 0.3) is 0 Å². The van der Waals surface area contributed by atoms with Crippen molar-refractivity contribution in [3.05, 3.63) is 30.3 Å². The van der Waals surface area contributed by atoms with E-state index >= 15 is 0 Å². The van der Waals surface area contributed by atoms with Crippen LogP contribution >= 0.6 is 0 Å². The summed E-state index contributed by atoms with van der Waals surface area (Å²) in [6.45, 7) is 2.41. The highest BCUT2D eigenvalue weighted by Gasteiger charge is 1.95. The fourth-order valence-electron chi connectivity index (χ4n) is 1.30. The van der Waals surface area contributed by atoms with Gasteiger partial charge in [-0.3, -0.25) is 4.99 Å². The largest absolute Gasteiger partial charge is 0.393 e. The van der Waals surface area contributed by atoms with Crippen LogP contribution in [-0.2, 0) is 0 Å². The Kier molecular flexibility index (Phi) is 5.36. The van der Waals surface area contributed by atoms with E-state index in [1.54, 1.807) is 6.92 Å². The number of aliphatic imine (C=N–C) groups is 1. The predicted octanol–water partition coefficient (Wildman–Crippen LogP) is 1.57. The molecule has 1 rings (SSSR count). The number of aliphatic hydroxyl groups excluding tert-OH is 1. The Balaban J connectivity index is 2.29. The van der Waals surface area contributed by atoms with Crippen molar-refractivity contribution in [1.29, 1.82) is 0 Å². The van der Waals surface area contributed by atoms with E-state index in [-0.39, 0.29) is 6.10 Å². The number of nitrogens with two attached hydrogens (primary N) is 1. The van der Waals surface area contributed by atoms with Gasteiger partial charge in [0.2, 0.25) is 0 Å². The van der Waals surface area contributed by atoms with Gasteiger partial charge in [0.1, 0.15) is 0 Å². The molecule has 0 heterocycles. The van der Waals surface area contributed by atoms with Crippen molar-refractivity contribution >= 4 is 11.6 Å². The highest BCUT2D eigenvalue weighted by atomic mass is 16.3. The van der Waals surface area contributed by atoms with Crippen LogP contribution in [0.2, 0.25) is 0 Å². The molecule has 0 bridgehead atoms. The maximum atomic E-state index is 9.06. The monoisotopic (exact) mass is 221 g/mol. The van der Waals surface area contributed by atoms with Gasteiger partial charge >= 0.3 is 0 Å².